The number of halogens is 2. The van der Waals surface area contributed by atoms with Gasteiger partial charge in [-0.15, -0.1) is 24.8 Å². The Morgan fingerprint density at radius 2 is 1.38 bits per heavy atom. The van der Waals surface area contributed by atoms with Crippen molar-refractivity contribution in [3.05, 3.63) is 59.7 Å². The van der Waals surface area contributed by atoms with E-state index in [1.165, 1.54) is 22.3 Å². The van der Waals surface area contributed by atoms with Crippen LogP contribution >= 0.6 is 24.8 Å². The van der Waals surface area contributed by atoms with E-state index in [9.17, 15) is 5.11 Å². The summed E-state index contributed by atoms with van der Waals surface area (Å²) in [7, 11) is 0. The molecule has 0 bridgehead atoms. The minimum atomic E-state index is -3.53. The molecule has 0 aliphatic heterocycles. The Morgan fingerprint density at radius 1 is 0.962 bits per heavy atom. The first-order valence-electron chi connectivity index (χ1n) is 8.79. The average molecular weight is 432 g/mol. The van der Waals surface area contributed by atoms with Crippen LogP contribution in [-0.2, 0) is 15.1 Å². The van der Waals surface area contributed by atoms with Crippen molar-refractivity contribution in [1.82, 2.24) is 3.80 Å². The molecule has 2 aromatic carbocycles. The molecular formula is C21H31Cl2NOTi. The Balaban J connectivity index is 0.00000169. The molecule has 2 aromatic rings. The molecule has 0 amide bonds. The molecule has 0 spiro atoms. The zero-order chi connectivity index (χ0) is 17.6. The topological polar surface area (TPSA) is 32.3 Å². The molecule has 2 N–H and O–H groups in total. The molecule has 0 saturated carbocycles. The second-order valence-corrected chi connectivity index (χ2v) is 18.4. The first-order valence-corrected chi connectivity index (χ1v) is 14.2. The predicted octanol–water partition coefficient (Wildman–Crippen LogP) is 5.48. The Bertz CT molecular complexity index is 798. The molecule has 144 valence electrons. The van der Waals surface area contributed by atoms with Crippen molar-refractivity contribution in [2.24, 2.45) is 0 Å². The van der Waals surface area contributed by atoms with Crippen LogP contribution in [0, 0.1) is 0 Å². The Kier molecular flexibility index (Phi) is 7.13. The number of benzene rings is 2. The number of aliphatic hydroxyl groups excluding tert-OH is 1. The normalized spacial score (nSPS) is 14.1. The molecule has 0 fully saturated rings. The quantitative estimate of drug-likeness (QED) is 0.627. The van der Waals surface area contributed by atoms with E-state index in [2.05, 4.69) is 78.3 Å². The van der Waals surface area contributed by atoms with Gasteiger partial charge in [0.2, 0.25) is 0 Å². The number of rotatable bonds is 4. The average Bonchev–Trinajstić information content (AvgIpc) is 2.80. The van der Waals surface area contributed by atoms with Gasteiger partial charge in [-0.05, 0) is 0 Å². The van der Waals surface area contributed by atoms with Gasteiger partial charge in [0, 0.05) is 0 Å². The first kappa shape index (κ1) is 23.6. The summed E-state index contributed by atoms with van der Waals surface area (Å²) in [6.07, 6.45) is 0. The molecular weight excluding hydrogens is 401 g/mol. The number of nitrogens with one attached hydrogen (secondary N) is 1. The van der Waals surface area contributed by atoms with Crippen LogP contribution in [-0.4, -0.2) is 22.1 Å². The third-order valence-electron chi connectivity index (χ3n) is 5.23. The Hall–Kier alpha value is -0.476. The van der Waals surface area contributed by atoms with Crippen LogP contribution in [0.2, 0.25) is 9.95 Å². The molecule has 2 nitrogen and oxygen atoms in total. The number of hydrogen-bond donors (Lipinski definition) is 2. The minimum absolute atomic E-state index is 0. The van der Waals surface area contributed by atoms with Gasteiger partial charge in [-0.2, -0.15) is 0 Å². The van der Waals surface area contributed by atoms with Crippen molar-refractivity contribution in [1.29, 1.82) is 0 Å². The van der Waals surface area contributed by atoms with Gasteiger partial charge < -0.3 is 0 Å². The van der Waals surface area contributed by atoms with Gasteiger partial charge in [-0.25, -0.2) is 0 Å². The van der Waals surface area contributed by atoms with Gasteiger partial charge in [0.15, 0.2) is 0 Å². The molecule has 26 heavy (non-hydrogen) atoms. The monoisotopic (exact) mass is 431 g/mol. The van der Waals surface area contributed by atoms with Crippen molar-refractivity contribution >= 4 is 29.6 Å². The van der Waals surface area contributed by atoms with E-state index in [0.717, 1.165) is 4.73 Å². The van der Waals surface area contributed by atoms with Crippen molar-refractivity contribution < 1.29 is 20.2 Å². The molecule has 0 atom stereocenters. The predicted molar refractivity (Wildman–Crippen MR) is 116 cm³/mol. The van der Waals surface area contributed by atoms with E-state index in [-0.39, 0.29) is 41.2 Å². The fraction of sp³-hybridized carbons (Fsp3) is 0.381. The SMILES string of the molecule is Cl.Cl.[CH2]=[Ti]([CH3])([CH2]CO)([NH]C(C)(C)C)[CH]1c2ccccc2-c2ccccc21. The summed E-state index contributed by atoms with van der Waals surface area (Å²) in [5.74, 6) is 0. The second-order valence-electron chi connectivity index (χ2n) is 8.86. The zero-order valence-corrected chi connectivity index (χ0v) is 19.3. The molecule has 1 aliphatic carbocycles. The van der Waals surface area contributed by atoms with Crippen LogP contribution in [0.25, 0.3) is 11.1 Å². The summed E-state index contributed by atoms with van der Waals surface area (Å²) in [5.41, 5.74) is 5.37. The number of aliphatic hydroxyl groups is 1. The van der Waals surface area contributed by atoms with Gasteiger partial charge in [0.05, 0.1) is 0 Å². The summed E-state index contributed by atoms with van der Waals surface area (Å²) in [4.78, 5) is 4.88. The van der Waals surface area contributed by atoms with E-state index < -0.39 is 15.1 Å². The summed E-state index contributed by atoms with van der Waals surface area (Å²) in [6.45, 7) is 6.79. The molecule has 0 aromatic heterocycles. The van der Waals surface area contributed by atoms with Crippen LogP contribution in [0.15, 0.2) is 48.5 Å². The number of hydrogen-bond acceptors (Lipinski definition) is 2. The molecule has 0 radical (unpaired) electrons. The fourth-order valence-corrected chi connectivity index (χ4v) is 13.7. The van der Waals surface area contributed by atoms with Crippen LogP contribution < -0.4 is 3.80 Å². The van der Waals surface area contributed by atoms with E-state index in [1.54, 1.807) is 0 Å². The maximum atomic E-state index is 9.89. The third kappa shape index (κ3) is 4.17. The Morgan fingerprint density at radius 3 is 1.77 bits per heavy atom. The number of fused-ring (bicyclic) bond motifs is 3. The maximum absolute atomic E-state index is 9.89. The van der Waals surface area contributed by atoms with E-state index >= 15 is 0 Å². The van der Waals surface area contributed by atoms with Crippen LogP contribution in [0.4, 0.5) is 0 Å². The van der Waals surface area contributed by atoms with Crippen LogP contribution in [0.3, 0.4) is 0 Å². The van der Waals surface area contributed by atoms with E-state index in [4.69, 9.17) is 4.82 Å². The van der Waals surface area contributed by atoms with Gasteiger partial charge in [-0.3, -0.25) is 0 Å². The van der Waals surface area contributed by atoms with Crippen molar-refractivity contribution in [3.63, 3.8) is 0 Å². The van der Waals surface area contributed by atoms with Crippen molar-refractivity contribution in [2.75, 3.05) is 6.61 Å². The zero-order valence-electron chi connectivity index (χ0n) is 16.1. The first-order chi connectivity index (χ1) is 11.1. The summed E-state index contributed by atoms with van der Waals surface area (Å²) in [6, 6.07) is 17.4. The molecule has 0 unspecified atom stereocenters. The second kappa shape index (κ2) is 7.87. The molecule has 3 rings (SSSR count). The van der Waals surface area contributed by atoms with E-state index in [1.807, 2.05) is 0 Å². The molecule has 5 heteroatoms. The summed E-state index contributed by atoms with van der Waals surface area (Å²) >= 11 is -3.53. The van der Waals surface area contributed by atoms with E-state index in [0.29, 0.717) is 0 Å². The van der Waals surface area contributed by atoms with Gasteiger partial charge in [-0.1, -0.05) is 0 Å². The Labute approximate surface area is 170 Å². The van der Waals surface area contributed by atoms with Gasteiger partial charge in [0.25, 0.3) is 0 Å². The summed E-state index contributed by atoms with van der Waals surface area (Å²) < 4.78 is 5.00. The van der Waals surface area contributed by atoms with Crippen molar-refractivity contribution in [2.45, 2.75) is 40.5 Å². The third-order valence-corrected chi connectivity index (χ3v) is 13.7. The fourth-order valence-electron chi connectivity index (χ4n) is 4.77. The van der Waals surface area contributed by atoms with Crippen LogP contribution in [0.5, 0.6) is 0 Å². The standard InChI is InChI=1S/C13H9.C4H10N.C2H5O.CH3.CH2.2ClH.Ti/c1-3-7-12-10(5-1)9-11-6-2-4-8-13(11)12;1-4(2,3)5;1-2-3;;;;;/h1-9H;5H,1-3H3;3H,1-2H2;1H3;1H2;2*1H;/q;-1;;;;;;+1. The molecule has 0 heterocycles. The summed E-state index contributed by atoms with van der Waals surface area (Å²) in [5, 5.41) is 12.2. The van der Waals surface area contributed by atoms with Crippen LogP contribution in [0.1, 0.15) is 36.1 Å². The van der Waals surface area contributed by atoms with Crippen molar-refractivity contribution in [3.8, 4) is 11.1 Å². The van der Waals surface area contributed by atoms with Gasteiger partial charge in [0.1, 0.15) is 0 Å². The van der Waals surface area contributed by atoms with Gasteiger partial charge >= 0.3 is 147 Å². The molecule has 1 aliphatic rings. The molecule has 0 saturated heterocycles.